The van der Waals surface area contributed by atoms with Crippen LogP contribution in [0.3, 0.4) is 0 Å². The fourth-order valence-corrected chi connectivity index (χ4v) is 2.17. The van der Waals surface area contributed by atoms with E-state index in [-0.39, 0.29) is 0 Å². The Balaban J connectivity index is 3.01. The zero-order chi connectivity index (χ0) is 14.3. The van der Waals surface area contributed by atoms with Crippen molar-refractivity contribution in [3.8, 4) is 5.75 Å². The normalized spacial score (nSPS) is 12.3. The minimum absolute atomic E-state index is 0.563. The molecule has 0 spiro atoms. The molecule has 19 heavy (non-hydrogen) atoms. The van der Waals surface area contributed by atoms with E-state index in [1.807, 2.05) is 25.1 Å². The Kier molecular flexibility index (Phi) is 6.67. The van der Waals surface area contributed by atoms with Gasteiger partial charge < -0.3 is 19.5 Å². The Hall–Kier alpha value is -1.26. The molecule has 108 valence electrons. The van der Waals surface area contributed by atoms with Crippen LogP contribution in [0.4, 0.5) is 5.69 Å². The fraction of sp³-hybridized carbons (Fsp3) is 0.600. The number of methoxy groups -OCH3 is 1. The van der Waals surface area contributed by atoms with Crippen LogP contribution in [0, 0.1) is 0 Å². The van der Waals surface area contributed by atoms with E-state index in [0.717, 1.165) is 36.7 Å². The van der Waals surface area contributed by atoms with Gasteiger partial charge in [-0.25, -0.2) is 0 Å². The summed E-state index contributed by atoms with van der Waals surface area (Å²) < 4.78 is 10.8. The van der Waals surface area contributed by atoms with Gasteiger partial charge in [-0.2, -0.15) is 0 Å². The molecule has 0 saturated carbocycles. The quantitative estimate of drug-likeness (QED) is 0.735. The smallest absolute Gasteiger partial charge is 0.126 e. The molecule has 1 aromatic carbocycles. The first-order chi connectivity index (χ1) is 9.15. The van der Waals surface area contributed by atoms with Gasteiger partial charge in [0.2, 0.25) is 0 Å². The van der Waals surface area contributed by atoms with E-state index in [1.54, 1.807) is 14.0 Å². The zero-order valence-corrected chi connectivity index (χ0v) is 12.3. The SMILES string of the molecule is CCOCCN(CC)c1cccc(OC)c1[C@H](C)O. The van der Waals surface area contributed by atoms with Crippen molar-refractivity contribution in [2.75, 3.05) is 38.3 Å². The van der Waals surface area contributed by atoms with Crippen molar-refractivity contribution in [2.45, 2.75) is 26.9 Å². The van der Waals surface area contributed by atoms with Gasteiger partial charge in [-0.05, 0) is 32.9 Å². The van der Waals surface area contributed by atoms with Crippen molar-refractivity contribution >= 4 is 5.69 Å². The van der Waals surface area contributed by atoms with E-state index in [1.165, 1.54) is 0 Å². The highest BCUT2D eigenvalue weighted by molar-refractivity contribution is 5.60. The molecule has 4 heteroatoms. The Morgan fingerprint density at radius 1 is 1.32 bits per heavy atom. The number of benzene rings is 1. The highest BCUT2D eigenvalue weighted by Crippen LogP contribution is 2.34. The Morgan fingerprint density at radius 2 is 2.05 bits per heavy atom. The number of aliphatic hydroxyl groups is 1. The maximum Gasteiger partial charge on any atom is 0.126 e. The summed E-state index contributed by atoms with van der Waals surface area (Å²) in [7, 11) is 1.63. The lowest BCUT2D eigenvalue weighted by Gasteiger charge is -2.27. The van der Waals surface area contributed by atoms with Gasteiger partial charge in [0, 0.05) is 30.9 Å². The third-order valence-corrected chi connectivity index (χ3v) is 3.11. The van der Waals surface area contributed by atoms with E-state index in [9.17, 15) is 5.11 Å². The van der Waals surface area contributed by atoms with E-state index < -0.39 is 6.10 Å². The van der Waals surface area contributed by atoms with Crippen molar-refractivity contribution in [1.82, 2.24) is 0 Å². The van der Waals surface area contributed by atoms with E-state index in [4.69, 9.17) is 9.47 Å². The molecule has 0 heterocycles. The monoisotopic (exact) mass is 267 g/mol. The molecular formula is C15H25NO3. The predicted molar refractivity (Wildman–Crippen MR) is 78.0 cm³/mol. The second kappa shape index (κ2) is 8.02. The Labute approximate surface area is 115 Å². The molecule has 0 aliphatic carbocycles. The van der Waals surface area contributed by atoms with Gasteiger partial charge in [0.15, 0.2) is 0 Å². The third kappa shape index (κ3) is 4.11. The summed E-state index contributed by atoms with van der Waals surface area (Å²) in [6.07, 6.45) is -0.563. The van der Waals surface area contributed by atoms with Gasteiger partial charge in [-0.3, -0.25) is 0 Å². The summed E-state index contributed by atoms with van der Waals surface area (Å²) in [4.78, 5) is 2.19. The highest BCUT2D eigenvalue weighted by atomic mass is 16.5. The summed E-state index contributed by atoms with van der Waals surface area (Å²) in [6, 6.07) is 5.84. The molecule has 0 fully saturated rings. The second-order valence-corrected chi connectivity index (χ2v) is 4.35. The van der Waals surface area contributed by atoms with Crippen molar-refractivity contribution in [3.63, 3.8) is 0 Å². The van der Waals surface area contributed by atoms with Crippen LogP contribution in [0.25, 0.3) is 0 Å². The van der Waals surface area contributed by atoms with Crippen LogP contribution >= 0.6 is 0 Å². The molecule has 0 aliphatic heterocycles. The predicted octanol–water partition coefficient (Wildman–Crippen LogP) is 2.61. The maximum atomic E-state index is 9.99. The minimum Gasteiger partial charge on any atom is -0.496 e. The van der Waals surface area contributed by atoms with Gasteiger partial charge in [0.25, 0.3) is 0 Å². The molecule has 0 amide bonds. The van der Waals surface area contributed by atoms with Crippen molar-refractivity contribution < 1.29 is 14.6 Å². The number of nitrogens with zero attached hydrogens (tertiary/aromatic N) is 1. The lowest BCUT2D eigenvalue weighted by Crippen LogP contribution is -2.28. The van der Waals surface area contributed by atoms with Crippen LogP contribution in [0.5, 0.6) is 5.75 Å². The second-order valence-electron chi connectivity index (χ2n) is 4.35. The van der Waals surface area contributed by atoms with Crippen molar-refractivity contribution in [1.29, 1.82) is 0 Å². The van der Waals surface area contributed by atoms with Crippen LogP contribution in [0.2, 0.25) is 0 Å². The van der Waals surface area contributed by atoms with Gasteiger partial charge in [-0.1, -0.05) is 6.07 Å². The van der Waals surface area contributed by atoms with Crippen LogP contribution in [-0.4, -0.2) is 38.5 Å². The minimum atomic E-state index is -0.563. The number of hydrogen-bond acceptors (Lipinski definition) is 4. The molecule has 4 nitrogen and oxygen atoms in total. The first-order valence-corrected chi connectivity index (χ1v) is 6.83. The van der Waals surface area contributed by atoms with Gasteiger partial charge in [-0.15, -0.1) is 0 Å². The number of hydrogen-bond donors (Lipinski definition) is 1. The Bertz CT molecular complexity index is 380. The average molecular weight is 267 g/mol. The first kappa shape index (κ1) is 15.8. The number of rotatable bonds is 8. The molecule has 0 unspecified atom stereocenters. The summed E-state index contributed by atoms with van der Waals surface area (Å²) in [5.41, 5.74) is 1.85. The molecule has 0 bridgehead atoms. The summed E-state index contributed by atoms with van der Waals surface area (Å²) >= 11 is 0. The summed E-state index contributed by atoms with van der Waals surface area (Å²) in [5, 5.41) is 9.99. The molecule has 0 aromatic heterocycles. The highest BCUT2D eigenvalue weighted by Gasteiger charge is 2.17. The average Bonchev–Trinajstić information content (AvgIpc) is 2.42. The Morgan fingerprint density at radius 3 is 2.58 bits per heavy atom. The molecular weight excluding hydrogens is 242 g/mol. The summed E-state index contributed by atoms with van der Waals surface area (Å²) in [5.74, 6) is 0.724. The standard InChI is InChI=1S/C15H25NO3/c1-5-16(10-11-19-6-2)13-8-7-9-14(18-4)15(13)12(3)17/h7-9,12,17H,5-6,10-11H2,1-4H3/t12-/m0/s1. The number of anilines is 1. The largest absolute Gasteiger partial charge is 0.496 e. The molecule has 1 rings (SSSR count). The third-order valence-electron chi connectivity index (χ3n) is 3.11. The first-order valence-electron chi connectivity index (χ1n) is 6.83. The van der Waals surface area contributed by atoms with Gasteiger partial charge in [0.1, 0.15) is 5.75 Å². The molecule has 1 N–H and O–H groups in total. The fourth-order valence-electron chi connectivity index (χ4n) is 2.17. The number of likely N-dealkylation sites (N-methyl/N-ethyl adjacent to an activating group) is 1. The van der Waals surface area contributed by atoms with Crippen LogP contribution in [0.15, 0.2) is 18.2 Å². The van der Waals surface area contributed by atoms with E-state index in [0.29, 0.717) is 6.61 Å². The van der Waals surface area contributed by atoms with E-state index >= 15 is 0 Å². The van der Waals surface area contributed by atoms with Gasteiger partial charge in [0.05, 0.1) is 19.8 Å². The van der Waals surface area contributed by atoms with Gasteiger partial charge >= 0.3 is 0 Å². The van der Waals surface area contributed by atoms with Crippen LogP contribution < -0.4 is 9.64 Å². The molecule has 1 aromatic rings. The maximum absolute atomic E-state index is 9.99. The zero-order valence-electron chi connectivity index (χ0n) is 12.3. The lowest BCUT2D eigenvalue weighted by atomic mass is 10.1. The van der Waals surface area contributed by atoms with Crippen LogP contribution in [0.1, 0.15) is 32.4 Å². The topological polar surface area (TPSA) is 41.9 Å². The molecule has 1 atom stereocenters. The number of aliphatic hydroxyl groups excluding tert-OH is 1. The van der Waals surface area contributed by atoms with E-state index in [2.05, 4.69) is 11.8 Å². The molecule has 0 radical (unpaired) electrons. The summed E-state index contributed by atoms with van der Waals surface area (Å²) in [6.45, 7) is 8.91. The van der Waals surface area contributed by atoms with Crippen LogP contribution in [-0.2, 0) is 4.74 Å². The molecule has 0 saturated heterocycles. The lowest BCUT2D eigenvalue weighted by molar-refractivity contribution is 0.153. The molecule has 0 aliphatic rings. The number of ether oxygens (including phenoxy) is 2. The van der Waals surface area contributed by atoms with Crippen molar-refractivity contribution in [2.24, 2.45) is 0 Å². The van der Waals surface area contributed by atoms with Crippen molar-refractivity contribution in [3.05, 3.63) is 23.8 Å².